The maximum atomic E-state index is 5.38. The van der Waals surface area contributed by atoms with Crippen molar-refractivity contribution < 1.29 is 0 Å². The number of hydrogen-bond acceptors (Lipinski definition) is 4. The third-order valence-electron chi connectivity index (χ3n) is 12.0. The van der Waals surface area contributed by atoms with E-state index in [0.717, 1.165) is 38.2 Å². The van der Waals surface area contributed by atoms with Crippen LogP contribution in [0.2, 0.25) is 0 Å². The van der Waals surface area contributed by atoms with Crippen molar-refractivity contribution in [3.05, 3.63) is 188 Å². The van der Waals surface area contributed by atoms with Crippen LogP contribution in [0.3, 0.4) is 0 Å². The third-order valence-corrected chi connectivity index (χ3v) is 14.3. The molecule has 0 aliphatic carbocycles. The number of thiophene rings is 2. The average Bonchev–Trinajstić information content (AvgIpc) is 3.97. The van der Waals surface area contributed by atoms with Crippen molar-refractivity contribution in [1.29, 1.82) is 0 Å². The van der Waals surface area contributed by atoms with Crippen LogP contribution >= 0.6 is 22.7 Å². The Kier molecular flexibility index (Phi) is 7.05. The fourth-order valence-corrected chi connectivity index (χ4v) is 11.6. The van der Waals surface area contributed by atoms with E-state index in [-0.39, 0.29) is 0 Å². The van der Waals surface area contributed by atoms with E-state index in [9.17, 15) is 0 Å². The average molecular weight is 786 g/mol. The lowest BCUT2D eigenvalue weighted by molar-refractivity contribution is 1.20. The number of aromatic nitrogens is 3. The second-order valence-corrected chi connectivity index (χ2v) is 17.4. The Balaban J connectivity index is 1.02. The molecular weight excluding hydrogens is 755 g/mol. The minimum absolute atomic E-state index is 0.740. The van der Waals surface area contributed by atoms with Crippen molar-refractivity contribution in [3.63, 3.8) is 0 Å². The van der Waals surface area contributed by atoms with Crippen LogP contribution in [0.25, 0.3) is 123 Å². The highest BCUT2D eigenvalue weighted by Crippen LogP contribution is 2.45. The standard InChI is InChI=1S/C54H31N3S2/c1-2-11-32(12-3-1)33-21-23-35(24-22-33)51-53-52(41-17-8-9-19-46(41)59-53)56-54(55-51)38-25-27-40-48(31-38)58-47-20-10-18-43(50(40)47)57-44-28-26-34-13-6-7-16-39(34)49(44)42-29-36-14-4-5-15-37(36)30-45(42)57/h1-31H. The molecule has 0 saturated carbocycles. The largest absolute Gasteiger partial charge is 0.309 e. The minimum atomic E-state index is 0.740. The molecule has 0 unspecified atom stereocenters. The Bertz CT molecular complexity index is 3840. The van der Waals surface area contributed by atoms with Gasteiger partial charge >= 0.3 is 0 Å². The Morgan fingerprint density at radius 1 is 0.373 bits per heavy atom. The third kappa shape index (κ3) is 4.99. The van der Waals surface area contributed by atoms with Crippen LogP contribution in [-0.4, -0.2) is 14.5 Å². The summed E-state index contributed by atoms with van der Waals surface area (Å²) >= 11 is 3.61. The zero-order valence-corrected chi connectivity index (χ0v) is 33.2. The summed E-state index contributed by atoms with van der Waals surface area (Å²) in [7, 11) is 0. The predicted molar refractivity (Wildman–Crippen MR) is 253 cm³/mol. The van der Waals surface area contributed by atoms with Crippen molar-refractivity contribution in [2.45, 2.75) is 0 Å². The van der Waals surface area contributed by atoms with Gasteiger partial charge in [0.2, 0.25) is 0 Å². The van der Waals surface area contributed by atoms with Gasteiger partial charge in [0.05, 0.1) is 32.6 Å². The Labute approximate surface area is 346 Å². The van der Waals surface area contributed by atoms with Crippen molar-refractivity contribution in [2.24, 2.45) is 0 Å². The lowest BCUT2D eigenvalue weighted by atomic mass is 10.0. The molecule has 4 aromatic heterocycles. The second-order valence-electron chi connectivity index (χ2n) is 15.3. The Morgan fingerprint density at radius 2 is 1.07 bits per heavy atom. The summed E-state index contributed by atoms with van der Waals surface area (Å²) < 4.78 is 7.30. The molecule has 0 atom stereocenters. The normalized spacial score (nSPS) is 12.1. The molecule has 59 heavy (non-hydrogen) atoms. The van der Waals surface area contributed by atoms with E-state index in [1.165, 1.54) is 85.0 Å². The van der Waals surface area contributed by atoms with Crippen LogP contribution in [0, 0.1) is 0 Å². The van der Waals surface area contributed by atoms with E-state index in [1.807, 2.05) is 11.3 Å². The number of benzene rings is 9. The zero-order valence-electron chi connectivity index (χ0n) is 31.6. The monoisotopic (exact) mass is 785 g/mol. The van der Waals surface area contributed by atoms with Crippen LogP contribution < -0.4 is 0 Å². The molecule has 0 saturated heterocycles. The number of fused-ring (bicyclic) bond motifs is 12. The van der Waals surface area contributed by atoms with Gasteiger partial charge in [-0.2, -0.15) is 0 Å². The highest BCUT2D eigenvalue weighted by Gasteiger charge is 2.21. The highest BCUT2D eigenvalue weighted by molar-refractivity contribution is 7.26. The van der Waals surface area contributed by atoms with Crippen LogP contribution in [0.1, 0.15) is 0 Å². The molecule has 0 aliphatic rings. The lowest BCUT2D eigenvalue weighted by Gasteiger charge is -2.11. The minimum Gasteiger partial charge on any atom is -0.309 e. The molecule has 0 aliphatic heterocycles. The Morgan fingerprint density at radius 3 is 1.93 bits per heavy atom. The van der Waals surface area contributed by atoms with E-state index < -0.39 is 0 Å². The van der Waals surface area contributed by atoms with Gasteiger partial charge in [0, 0.05) is 52.2 Å². The van der Waals surface area contributed by atoms with Crippen molar-refractivity contribution in [2.75, 3.05) is 0 Å². The number of rotatable bonds is 4. The van der Waals surface area contributed by atoms with Gasteiger partial charge < -0.3 is 4.57 Å². The van der Waals surface area contributed by atoms with Gasteiger partial charge in [0.15, 0.2) is 5.82 Å². The second kappa shape index (κ2) is 12.7. The van der Waals surface area contributed by atoms with Gasteiger partial charge in [0.25, 0.3) is 0 Å². The topological polar surface area (TPSA) is 30.7 Å². The van der Waals surface area contributed by atoms with E-state index in [0.29, 0.717) is 0 Å². The molecule has 3 nitrogen and oxygen atoms in total. The summed E-state index contributed by atoms with van der Waals surface area (Å²) in [5, 5.41) is 11.2. The summed E-state index contributed by atoms with van der Waals surface area (Å²) in [5.41, 5.74) is 10.1. The number of nitrogens with zero attached hydrogens (tertiary/aromatic N) is 3. The van der Waals surface area contributed by atoms with Crippen molar-refractivity contribution in [1.82, 2.24) is 14.5 Å². The van der Waals surface area contributed by atoms with Crippen molar-refractivity contribution >= 4 is 106 Å². The van der Waals surface area contributed by atoms with Gasteiger partial charge in [-0.3, -0.25) is 0 Å². The maximum Gasteiger partial charge on any atom is 0.160 e. The first-order chi connectivity index (χ1) is 29.2. The summed E-state index contributed by atoms with van der Waals surface area (Å²) in [6.45, 7) is 0. The van der Waals surface area contributed by atoms with Gasteiger partial charge in [-0.1, -0.05) is 146 Å². The highest BCUT2D eigenvalue weighted by atomic mass is 32.1. The van der Waals surface area contributed by atoms with Gasteiger partial charge in [0.1, 0.15) is 0 Å². The first-order valence-electron chi connectivity index (χ1n) is 19.9. The summed E-state index contributed by atoms with van der Waals surface area (Å²) in [6, 6.07) is 68.3. The molecule has 0 radical (unpaired) electrons. The molecule has 5 heteroatoms. The van der Waals surface area contributed by atoms with E-state index in [4.69, 9.17) is 9.97 Å². The summed E-state index contributed by atoms with van der Waals surface area (Å²) in [5.74, 6) is 0.740. The zero-order chi connectivity index (χ0) is 38.6. The molecule has 13 aromatic rings. The molecular formula is C54H31N3S2. The smallest absolute Gasteiger partial charge is 0.160 e. The molecule has 0 bridgehead atoms. The maximum absolute atomic E-state index is 5.38. The fraction of sp³-hybridized carbons (Fsp3) is 0. The first-order valence-corrected chi connectivity index (χ1v) is 21.5. The van der Waals surface area contributed by atoms with Crippen LogP contribution in [0.15, 0.2) is 188 Å². The molecule has 4 heterocycles. The molecule has 0 fully saturated rings. The van der Waals surface area contributed by atoms with Gasteiger partial charge in [-0.25, -0.2) is 9.97 Å². The van der Waals surface area contributed by atoms with Gasteiger partial charge in [-0.15, -0.1) is 22.7 Å². The Hall–Kier alpha value is -7.18. The summed E-state index contributed by atoms with van der Waals surface area (Å²) in [4.78, 5) is 10.7. The fourth-order valence-electron chi connectivity index (χ4n) is 9.23. The van der Waals surface area contributed by atoms with Crippen LogP contribution in [0.4, 0.5) is 0 Å². The van der Waals surface area contributed by atoms with E-state index >= 15 is 0 Å². The van der Waals surface area contributed by atoms with E-state index in [1.54, 1.807) is 11.3 Å². The number of hydrogen-bond donors (Lipinski definition) is 0. The molecule has 13 rings (SSSR count). The van der Waals surface area contributed by atoms with E-state index in [2.05, 4.69) is 193 Å². The SMILES string of the molecule is c1ccc(-c2ccc(-c3nc(-c4ccc5c(c4)sc4cccc(-n6c7cc8ccccc8cc7c7c8ccccc8ccc76)c45)nc4c3sc3ccccc34)cc2)cc1. The quantitative estimate of drug-likeness (QED) is 0.178. The first kappa shape index (κ1) is 32.9. The van der Waals surface area contributed by atoms with Crippen molar-refractivity contribution in [3.8, 4) is 39.5 Å². The van der Waals surface area contributed by atoms with Gasteiger partial charge in [-0.05, 0) is 75.1 Å². The molecule has 274 valence electrons. The molecule has 0 amide bonds. The molecule has 0 spiro atoms. The molecule has 9 aromatic carbocycles. The summed E-state index contributed by atoms with van der Waals surface area (Å²) in [6.07, 6.45) is 0. The van der Waals surface area contributed by atoms with Crippen LogP contribution in [-0.2, 0) is 0 Å². The predicted octanol–water partition coefficient (Wildman–Crippen LogP) is 15.6. The van der Waals surface area contributed by atoms with Crippen LogP contribution in [0.5, 0.6) is 0 Å². The lowest BCUT2D eigenvalue weighted by Crippen LogP contribution is -1.95. The molecule has 0 N–H and O–H groups in total.